The Morgan fingerprint density at radius 2 is 1.93 bits per heavy atom. The summed E-state index contributed by atoms with van der Waals surface area (Å²) in [5.74, 6) is 0.825. The van der Waals surface area contributed by atoms with E-state index in [1.54, 1.807) is 6.07 Å². The first-order chi connectivity index (χ1) is 14.1. The maximum atomic E-state index is 11.4. The summed E-state index contributed by atoms with van der Waals surface area (Å²) < 4.78 is 5.97. The lowest BCUT2D eigenvalue weighted by molar-refractivity contribution is 0.1000. The third-order valence-electron chi connectivity index (χ3n) is 5.78. The van der Waals surface area contributed by atoms with E-state index in [0.717, 1.165) is 56.7 Å². The number of piperidine rings is 1. The number of carbonyl (C=O) groups excluding carboxylic acids is 1. The fraction of sp³-hybridized carbons (Fsp3) is 0.391. The number of rotatable bonds is 6. The molecule has 2 aromatic carbocycles. The smallest absolute Gasteiger partial charge is 0.248 e. The summed E-state index contributed by atoms with van der Waals surface area (Å²) >= 11 is 0. The molecule has 0 spiro atoms. The van der Waals surface area contributed by atoms with Crippen molar-refractivity contribution < 1.29 is 9.53 Å². The van der Waals surface area contributed by atoms with Gasteiger partial charge in [-0.15, -0.1) is 12.4 Å². The van der Waals surface area contributed by atoms with Gasteiger partial charge in [0, 0.05) is 25.2 Å². The lowest BCUT2D eigenvalue weighted by Gasteiger charge is -2.23. The zero-order valence-electron chi connectivity index (χ0n) is 16.9. The van der Waals surface area contributed by atoms with Gasteiger partial charge in [-0.1, -0.05) is 12.1 Å². The van der Waals surface area contributed by atoms with Crippen LogP contribution < -0.4 is 15.8 Å². The molecule has 0 aromatic heterocycles. The molecule has 2 aliphatic rings. The molecule has 30 heavy (non-hydrogen) atoms. The van der Waals surface area contributed by atoms with Gasteiger partial charge < -0.3 is 15.8 Å². The first kappa shape index (κ1) is 22.1. The molecule has 7 heteroatoms. The Bertz CT molecular complexity index is 951. The van der Waals surface area contributed by atoms with E-state index in [0.29, 0.717) is 29.4 Å². The van der Waals surface area contributed by atoms with Crippen LogP contribution in [0.3, 0.4) is 0 Å². The van der Waals surface area contributed by atoms with E-state index in [2.05, 4.69) is 16.3 Å². The fourth-order valence-electron chi connectivity index (χ4n) is 4.13. The van der Waals surface area contributed by atoms with Gasteiger partial charge in [-0.2, -0.15) is 5.26 Å². The number of nitrogens with zero attached hydrogens (tertiary/aromatic N) is 2. The fourth-order valence-corrected chi connectivity index (χ4v) is 4.13. The second-order valence-corrected chi connectivity index (χ2v) is 7.94. The van der Waals surface area contributed by atoms with Crippen molar-refractivity contribution in [2.24, 2.45) is 11.7 Å². The topological polar surface area (TPSA) is 91.4 Å². The van der Waals surface area contributed by atoms with E-state index < -0.39 is 5.91 Å². The van der Waals surface area contributed by atoms with Crippen molar-refractivity contribution in [3.8, 4) is 11.8 Å². The second kappa shape index (κ2) is 9.94. The maximum Gasteiger partial charge on any atom is 0.248 e. The standard InChI is InChI=1S/C23H26N4O2.ClH/c24-11-20-9-17(1-4-22(20)29-15-16-5-7-26-8-6-16)12-27-13-19-3-2-18(23(25)28)10-21(19)14-27;/h1-4,9-10,16,26H,5-8,12-15H2,(H2,25,28);1H. The molecule has 3 N–H and O–H groups in total. The zero-order valence-corrected chi connectivity index (χ0v) is 17.7. The molecule has 0 aliphatic carbocycles. The van der Waals surface area contributed by atoms with Crippen LogP contribution in [0, 0.1) is 17.2 Å². The third kappa shape index (κ3) is 5.11. The van der Waals surface area contributed by atoms with Crippen molar-refractivity contribution >= 4 is 18.3 Å². The lowest BCUT2D eigenvalue weighted by Crippen LogP contribution is -2.30. The van der Waals surface area contributed by atoms with E-state index in [4.69, 9.17) is 10.5 Å². The van der Waals surface area contributed by atoms with Gasteiger partial charge in [0.2, 0.25) is 5.91 Å². The summed E-state index contributed by atoms with van der Waals surface area (Å²) in [6.07, 6.45) is 2.24. The van der Waals surface area contributed by atoms with Gasteiger partial charge in [0.05, 0.1) is 12.2 Å². The summed E-state index contributed by atoms with van der Waals surface area (Å²) in [4.78, 5) is 13.7. The van der Waals surface area contributed by atoms with Gasteiger partial charge in [0.15, 0.2) is 0 Å². The average molecular weight is 427 g/mol. The van der Waals surface area contributed by atoms with Crippen LogP contribution in [0.1, 0.15) is 45.5 Å². The first-order valence-electron chi connectivity index (χ1n) is 10.1. The minimum Gasteiger partial charge on any atom is -0.492 e. The number of hydrogen-bond acceptors (Lipinski definition) is 5. The highest BCUT2D eigenvalue weighted by molar-refractivity contribution is 5.93. The minimum absolute atomic E-state index is 0. The van der Waals surface area contributed by atoms with Crippen LogP contribution in [0.15, 0.2) is 36.4 Å². The number of hydrogen-bond donors (Lipinski definition) is 2. The lowest BCUT2D eigenvalue weighted by atomic mass is 9.99. The Kier molecular flexibility index (Phi) is 7.33. The molecule has 4 rings (SSSR count). The van der Waals surface area contributed by atoms with Crippen LogP contribution in [0.4, 0.5) is 0 Å². The average Bonchev–Trinajstić information content (AvgIpc) is 3.14. The Hall–Kier alpha value is -2.59. The van der Waals surface area contributed by atoms with Crippen LogP contribution in [0.2, 0.25) is 0 Å². The minimum atomic E-state index is -0.398. The summed E-state index contributed by atoms with van der Waals surface area (Å²) in [7, 11) is 0. The van der Waals surface area contributed by atoms with Gasteiger partial charge in [0.25, 0.3) is 0 Å². The largest absolute Gasteiger partial charge is 0.492 e. The molecule has 2 aliphatic heterocycles. The first-order valence-corrected chi connectivity index (χ1v) is 10.1. The van der Waals surface area contributed by atoms with Crippen molar-refractivity contribution in [1.29, 1.82) is 5.26 Å². The molecule has 0 atom stereocenters. The molecule has 1 amide bonds. The highest BCUT2D eigenvalue weighted by atomic mass is 35.5. The van der Waals surface area contributed by atoms with Gasteiger partial charge in [-0.25, -0.2) is 0 Å². The van der Waals surface area contributed by atoms with E-state index in [9.17, 15) is 10.1 Å². The number of nitriles is 1. The molecular formula is C23H27ClN4O2. The third-order valence-corrected chi connectivity index (χ3v) is 5.78. The molecule has 0 radical (unpaired) electrons. The van der Waals surface area contributed by atoms with Crippen molar-refractivity contribution in [3.05, 3.63) is 64.2 Å². The molecule has 2 heterocycles. The Morgan fingerprint density at radius 1 is 1.17 bits per heavy atom. The van der Waals surface area contributed by atoms with Gasteiger partial charge in [-0.05, 0) is 72.8 Å². The molecule has 1 saturated heterocycles. The van der Waals surface area contributed by atoms with E-state index in [1.165, 1.54) is 5.56 Å². The Morgan fingerprint density at radius 3 is 2.67 bits per heavy atom. The van der Waals surface area contributed by atoms with Gasteiger partial charge >= 0.3 is 0 Å². The number of benzene rings is 2. The quantitative estimate of drug-likeness (QED) is 0.740. The van der Waals surface area contributed by atoms with Crippen LogP contribution in [0.25, 0.3) is 0 Å². The van der Waals surface area contributed by atoms with Gasteiger partial charge in [0.1, 0.15) is 11.8 Å². The van der Waals surface area contributed by atoms with Gasteiger partial charge in [-0.3, -0.25) is 9.69 Å². The predicted octanol–water partition coefficient (Wildman–Crippen LogP) is 2.97. The number of carbonyl (C=O) groups is 1. The monoisotopic (exact) mass is 426 g/mol. The number of fused-ring (bicyclic) bond motifs is 1. The van der Waals surface area contributed by atoms with E-state index >= 15 is 0 Å². The Balaban J connectivity index is 0.00000256. The van der Waals surface area contributed by atoms with Crippen LogP contribution in [-0.2, 0) is 19.6 Å². The normalized spacial score (nSPS) is 16.4. The number of nitrogens with two attached hydrogens (primary N) is 1. The summed E-state index contributed by atoms with van der Waals surface area (Å²) in [6.45, 7) is 5.08. The summed E-state index contributed by atoms with van der Waals surface area (Å²) in [5, 5.41) is 12.9. The number of halogens is 1. The number of primary amides is 1. The van der Waals surface area contributed by atoms with Crippen LogP contribution in [0.5, 0.6) is 5.75 Å². The van der Waals surface area contributed by atoms with E-state index in [-0.39, 0.29) is 12.4 Å². The molecule has 0 saturated carbocycles. The Labute approximate surface area is 183 Å². The molecule has 0 unspecified atom stereocenters. The highest BCUT2D eigenvalue weighted by Crippen LogP contribution is 2.27. The number of nitrogens with one attached hydrogen (secondary N) is 1. The number of amides is 1. The van der Waals surface area contributed by atoms with Crippen molar-refractivity contribution in [3.63, 3.8) is 0 Å². The van der Waals surface area contributed by atoms with Crippen molar-refractivity contribution in [1.82, 2.24) is 10.2 Å². The molecule has 158 valence electrons. The van der Waals surface area contributed by atoms with Crippen LogP contribution in [-0.4, -0.2) is 30.5 Å². The van der Waals surface area contributed by atoms with E-state index in [1.807, 2.05) is 30.3 Å². The number of ether oxygens (including phenoxy) is 1. The predicted molar refractivity (Wildman–Crippen MR) is 117 cm³/mol. The second-order valence-electron chi connectivity index (χ2n) is 7.94. The van der Waals surface area contributed by atoms with Crippen molar-refractivity contribution in [2.45, 2.75) is 32.5 Å². The van der Waals surface area contributed by atoms with Crippen molar-refractivity contribution in [2.75, 3.05) is 19.7 Å². The summed E-state index contributed by atoms with van der Waals surface area (Å²) in [5.41, 5.74) is 9.97. The van der Waals surface area contributed by atoms with Crippen LogP contribution >= 0.6 is 12.4 Å². The molecule has 2 aromatic rings. The zero-order chi connectivity index (χ0) is 20.2. The molecule has 1 fully saturated rings. The molecular weight excluding hydrogens is 400 g/mol. The maximum absolute atomic E-state index is 11.4. The highest BCUT2D eigenvalue weighted by Gasteiger charge is 2.21. The molecule has 6 nitrogen and oxygen atoms in total. The molecule has 0 bridgehead atoms. The summed E-state index contributed by atoms with van der Waals surface area (Å²) in [6, 6.07) is 13.8. The SMILES string of the molecule is Cl.N#Cc1cc(CN2Cc3ccc(C(N)=O)cc3C2)ccc1OCC1CCNCC1.